The van der Waals surface area contributed by atoms with Crippen molar-refractivity contribution in [2.24, 2.45) is 17.3 Å². The molecule has 1 saturated carbocycles. The standard InChI is InChI=1S/C26H32N2O4/c1-26(2,3)23(29)22-21-20(24(30)27(25(21)31)16-8-6-5-7-9-16)19-12-10-15-14-17(32-4)11-13-18(15)28(19)22/h10-14,16,19-22H,5-9H2,1-4H3/t19-,20-,21-,22+/m0/s1. The van der Waals surface area contributed by atoms with Crippen LogP contribution in [0, 0.1) is 17.3 Å². The number of ether oxygens (including phenoxy) is 1. The van der Waals surface area contributed by atoms with Crippen molar-refractivity contribution in [1.29, 1.82) is 0 Å². The summed E-state index contributed by atoms with van der Waals surface area (Å²) in [5, 5.41) is 0. The fourth-order valence-electron chi connectivity index (χ4n) is 6.14. The van der Waals surface area contributed by atoms with Gasteiger partial charge in [0.2, 0.25) is 11.8 Å². The smallest absolute Gasteiger partial charge is 0.236 e. The largest absolute Gasteiger partial charge is 0.497 e. The number of anilines is 1. The molecule has 3 aliphatic heterocycles. The molecule has 6 nitrogen and oxygen atoms in total. The summed E-state index contributed by atoms with van der Waals surface area (Å²) in [7, 11) is 1.63. The molecule has 1 aromatic carbocycles. The highest BCUT2D eigenvalue weighted by Crippen LogP contribution is 2.51. The van der Waals surface area contributed by atoms with Crippen LogP contribution in [0.5, 0.6) is 5.75 Å². The van der Waals surface area contributed by atoms with Gasteiger partial charge in [0.05, 0.1) is 25.0 Å². The molecule has 2 saturated heterocycles. The normalized spacial score (nSPS) is 29.8. The number of carbonyl (C=O) groups excluding carboxylic acids is 3. The van der Waals surface area contributed by atoms with E-state index in [1.807, 2.05) is 56.0 Å². The number of hydrogen-bond acceptors (Lipinski definition) is 5. The highest BCUT2D eigenvalue weighted by atomic mass is 16.5. The van der Waals surface area contributed by atoms with Crippen LogP contribution in [0.4, 0.5) is 5.69 Å². The van der Waals surface area contributed by atoms with Crippen molar-refractivity contribution >= 4 is 29.4 Å². The summed E-state index contributed by atoms with van der Waals surface area (Å²) in [5.41, 5.74) is 1.20. The second-order valence-electron chi connectivity index (χ2n) is 10.6. The Bertz CT molecular complexity index is 1000. The van der Waals surface area contributed by atoms with Crippen molar-refractivity contribution in [2.45, 2.75) is 71.0 Å². The Morgan fingerprint density at radius 1 is 1.03 bits per heavy atom. The number of fused-ring (bicyclic) bond motifs is 5. The monoisotopic (exact) mass is 436 g/mol. The first kappa shape index (κ1) is 21.2. The number of carbonyl (C=O) groups is 3. The van der Waals surface area contributed by atoms with E-state index in [9.17, 15) is 14.4 Å². The number of benzene rings is 1. The molecule has 3 fully saturated rings. The van der Waals surface area contributed by atoms with Crippen molar-refractivity contribution in [3.05, 3.63) is 29.8 Å². The van der Waals surface area contributed by atoms with Gasteiger partial charge in [-0.15, -0.1) is 0 Å². The van der Waals surface area contributed by atoms with Gasteiger partial charge < -0.3 is 9.64 Å². The first-order valence-electron chi connectivity index (χ1n) is 11.8. The Kier molecular flexibility index (Phi) is 4.95. The van der Waals surface area contributed by atoms with Crippen LogP contribution in [0.2, 0.25) is 0 Å². The van der Waals surface area contributed by atoms with Crippen molar-refractivity contribution in [1.82, 2.24) is 4.90 Å². The van der Waals surface area contributed by atoms with Gasteiger partial charge in [0.15, 0.2) is 5.78 Å². The number of methoxy groups -OCH3 is 1. The van der Waals surface area contributed by atoms with Crippen LogP contribution in [0.15, 0.2) is 24.3 Å². The molecule has 170 valence electrons. The molecule has 0 spiro atoms. The predicted molar refractivity (Wildman–Crippen MR) is 122 cm³/mol. The Morgan fingerprint density at radius 2 is 1.72 bits per heavy atom. The lowest BCUT2D eigenvalue weighted by Crippen LogP contribution is -2.53. The predicted octanol–water partition coefficient (Wildman–Crippen LogP) is 3.83. The molecule has 4 aliphatic rings. The van der Waals surface area contributed by atoms with Gasteiger partial charge in [-0.2, -0.15) is 0 Å². The number of amides is 2. The van der Waals surface area contributed by atoms with Crippen LogP contribution in [-0.4, -0.2) is 47.7 Å². The summed E-state index contributed by atoms with van der Waals surface area (Å²) < 4.78 is 5.38. The van der Waals surface area contributed by atoms with Gasteiger partial charge in [0, 0.05) is 22.7 Å². The molecule has 1 aromatic rings. The van der Waals surface area contributed by atoms with Gasteiger partial charge in [0.25, 0.3) is 0 Å². The topological polar surface area (TPSA) is 66.9 Å². The van der Waals surface area contributed by atoms with E-state index in [0.29, 0.717) is 0 Å². The third-order valence-corrected chi connectivity index (χ3v) is 7.69. The highest BCUT2D eigenvalue weighted by Gasteiger charge is 2.65. The van der Waals surface area contributed by atoms with Crippen molar-refractivity contribution in [2.75, 3.05) is 12.0 Å². The van der Waals surface area contributed by atoms with Gasteiger partial charge in [-0.05, 0) is 31.0 Å². The molecule has 2 amide bonds. The number of Topliss-reactive ketones (excluding diaryl/α,β-unsaturated/α-hetero) is 1. The molecular formula is C26H32N2O4. The van der Waals surface area contributed by atoms with E-state index in [2.05, 4.69) is 0 Å². The number of rotatable bonds is 3. The molecule has 0 bridgehead atoms. The van der Waals surface area contributed by atoms with E-state index in [4.69, 9.17) is 4.74 Å². The molecule has 3 heterocycles. The fraction of sp³-hybridized carbons (Fsp3) is 0.577. The number of ketones is 1. The first-order chi connectivity index (χ1) is 15.2. The zero-order chi connectivity index (χ0) is 22.8. The van der Waals surface area contributed by atoms with E-state index < -0.39 is 23.3 Å². The second kappa shape index (κ2) is 7.46. The summed E-state index contributed by atoms with van der Waals surface area (Å²) in [6.45, 7) is 5.69. The molecule has 32 heavy (non-hydrogen) atoms. The lowest BCUT2D eigenvalue weighted by atomic mass is 9.79. The highest BCUT2D eigenvalue weighted by molar-refractivity contribution is 6.12. The van der Waals surface area contributed by atoms with Gasteiger partial charge >= 0.3 is 0 Å². The van der Waals surface area contributed by atoms with Crippen molar-refractivity contribution in [3.63, 3.8) is 0 Å². The summed E-state index contributed by atoms with van der Waals surface area (Å²) >= 11 is 0. The van der Waals surface area contributed by atoms with E-state index in [1.54, 1.807) is 12.0 Å². The van der Waals surface area contributed by atoms with E-state index in [0.717, 1.165) is 49.1 Å². The minimum absolute atomic E-state index is 0.0127. The van der Waals surface area contributed by atoms with Crippen molar-refractivity contribution in [3.8, 4) is 5.75 Å². The molecule has 0 radical (unpaired) electrons. The molecule has 0 aromatic heterocycles. The summed E-state index contributed by atoms with van der Waals surface area (Å²) in [6, 6.07) is 4.81. The van der Waals surface area contributed by atoms with Crippen LogP contribution in [0.1, 0.15) is 58.4 Å². The van der Waals surface area contributed by atoms with E-state index >= 15 is 0 Å². The SMILES string of the molecule is COc1ccc2c(c1)C=C[C@H]1[C@@H]3C(=O)N(C4CCCCC4)C(=O)[C@@H]3[C@H](C(=O)C(C)(C)C)N21. The fourth-order valence-corrected chi connectivity index (χ4v) is 6.14. The van der Waals surface area contributed by atoms with Crippen LogP contribution in [-0.2, 0) is 14.4 Å². The van der Waals surface area contributed by atoms with Gasteiger partial charge in [-0.25, -0.2) is 0 Å². The minimum atomic E-state index is -0.646. The number of imide groups is 1. The summed E-state index contributed by atoms with van der Waals surface area (Å²) in [5.74, 6) is -0.620. The number of hydrogen-bond donors (Lipinski definition) is 0. The zero-order valence-electron chi connectivity index (χ0n) is 19.3. The maximum atomic E-state index is 13.8. The first-order valence-corrected chi connectivity index (χ1v) is 11.8. The Hall–Kier alpha value is -2.63. The minimum Gasteiger partial charge on any atom is -0.497 e. The molecule has 0 N–H and O–H groups in total. The molecule has 6 heteroatoms. The Morgan fingerprint density at radius 3 is 2.38 bits per heavy atom. The average molecular weight is 437 g/mol. The average Bonchev–Trinajstić information content (AvgIpc) is 3.25. The van der Waals surface area contributed by atoms with E-state index in [-0.39, 0.29) is 29.7 Å². The quantitative estimate of drug-likeness (QED) is 0.674. The molecule has 4 atom stereocenters. The number of likely N-dealkylation sites (tertiary alicyclic amines) is 1. The number of nitrogens with zero attached hydrogens (tertiary/aromatic N) is 2. The van der Waals surface area contributed by atoms with Gasteiger partial charge in [0.1, 0.15) is 11.8 Å². The molecule has 0 unspecified atom stereocenters. The molecule has 5 rings (SSSR count). The third-order valence-electron chi connectivity index (χ3n) is 7.69. The van der Waals surface area contributed by atoms with Crippen LogP contribution >= 0.6 is 0 Å². The maximum Gasteiger partial charge on any atom is 0.236 e. The van der Waals surface area contributed by atoms with Crippen LogP contribution in [0.3, 0.4) is 0 Å². The summed E-state index contributed by atoms with van der Waals surface area (Å²) in [6.07, 6.45) is 9.01. The zero-order valence-corrected chi connectivity index (χ0v) is 19.3. The van der Waals surface area contributed by atoms with E-state index in [1.165, 1.54) is 0 Å². The van der Waals surface area contributed by atoms with Crippen molar-refractivity contribution < 1.29 is 19.1 Å². The van der Waals surface area contributed by atoms with Crippen LogP contribution < -0.4 is 9.64 Å². The molecular weight excluding hydrogens is 404 g/mol. The lowest BCUT2D eigenvalue weighted by Gasteiger charge is -2.39. The molecule has 1 aliphatic carbocycles. The Balaban J connectivity index is 1.60. The van der Waals surface area contributed by atoms with Crippen LogP contribution in [0.25, 0.3) is 6.08 Å². The second-order valence-corrected chi connectivity index (χ2v) is 10.6. The van der Waals surface area contributed by atoms with Gasteiger partial charge in [-0.3, -0.25) is 19.3 Å². The maximum absolute atomic E-state index is 13.8. The summed E-state index contributed by atoms with van der Waals surface area (Å²) in [4.78, 5) is 44.8. The lowest BCUT2D eigenvalue weighted by molar-refractivity contribution is -0.145. The van der Waals surface area contributed by atoms with Gasteiger partial charge in [-0.1, -0.05) is 52.2 Å². The Labute approximate surface area is 189 Å². The third kappa shape index (κ3) is 3.02.